The van der Waals surface area contributed by atoms with Crippen LogP contribution in [0.4, 0.5) is 5.69 Å². The standard InChI is InChI=1S/C44H43N3O9.2C38H42N2O6/c1-45-18-16-29-23-37(51-3)39-25-33(29)34(45)20-26-6-13-32(14-7-26)54-38-22-27(8-15-36(38)56-44(48)28-9-11-31(12-10-28)47(49)50)21-35-41-30(17-19-46(35)2)24-40(52-4)42(53-5)43(41)55-39;2*1-39-15-13-25-20-32(42-4)34-22-28(25)29(39)17-23-7-10-27(11-8-23)45-33-19-24(9-12-31(33)41-3)18-30-36-26(14-16-40(30)2)21-35(43-5)37(44-6)38(36)46-34/h6-15,22-25,34-35H,16-21H2,1-5H3;2*7-12,19-22,29-30H,13-18H2,1-6H3/t34-,35?;29-,30?;29-,30-/m000/s1. The van der Waals surface area contributed by atoms with Crippen molar-refractivity contribution < 1.29 is 95.0 Å². The van der Waals surface area contributed by atoms with Gasteiger partial charge in [0.1, 0.15) is 17.2 Å². The van der Waals surface area contributed by atoms with E-state index in [0.717, 1.165) is 166 Å². The van der Waals surface area contributed by atoms with Gasteiger partial charge in [-0.2, -0.15) is 0 Å². The number of hydrogen-bond acceptors (Lipinski definition) is 27. The average Bonchev–Trinajstić information content (AvgIpc) is 0.752. The molecule has 148 heavy (non-hydrogen) atoms. The van der Waals surface area contributed by atoms with E-state index in [-0.39, 0.29) is 53.3 Å². The molecule has 0 aromatic heterocycles. The summed E-state index contributed by atoms with van der Waals surface area (Å²) in [5.41, 5.74) is 20.9. The molecule has 0 radical (unpaired) electrons. The summed E-state index contributed by atoms with van der Waals surface area (Å²) in [7, 11) is 31.4. The number of nitrogens with zero attached hydrogens (tertiary/aromatic N) is 7. The van der Waals surface area contributed by atoms with Crippen molar-refractivity contribution in [3.8, 4) is 138 Å². The first kappa shape index (κ1) is 100. The first-order valence-corrected chi connectivity index (χ1v) is 50.4. The summed E-state index contributed by atoms with van der Waals surface area (Å²) in [6.45, 7) is 5.41. The van der Waals surface area contributed by atoms with Gasteiger partial charge in [-0.1, -0.05) is 54.6 Å². The Morgan fingerprint density at radius 3 is 0.804 bits per heavy atom. The molecule has 13 aromatic carbocycles. The highest BCUT2D eigenvalue weighted by Crippen LogP contribution is 2.58. The molecule has 13 aromatic rings. The molecule has 0 spiro atoms. The molecule has 0 fully saturated rings. The third-order valence-corrected chi connectivity index (χ3v) is 30.8. The first-order chi connectivity index (χ1) is 71.9. The van der Waals surface area contributed by atoms with Gasteiger partial charge in [-0.3, -0.25) is 39.5 Å². The Hall–Kier alpha value is -14.9. The Balaban J connectivity index is 0.000000136. The number of rotatable bonds is 14. The fourth-order valence-corrected chi connectivity index (χ4v) is 22.6. The second-order valence-corrected chi connectivity index (χ2v) is 39.3. The van der Waals surface area contributed by atoms with Crippen molar-refractivity contribution in [3.05, 3.63) is 322 Å². The van der Waals surface area contributed by atoms with Crippen LogP contribution < -0.4 is 85.3 Å². The third kappa shape index (κ3) is 20.1. The van der Waals surface area contributed by atoms with Crippen LogP contribution in [0.25, 0.3) is 0 Å². The Morgan fingerprint density at radius 1 is 0.270 bits per heavy atom. The average molecular weight is 2000 g/mol. The van der Waals surface area contributed by atoms with E-state index in [0.29, 0.717) is 127 Å². The molecule has 0 saturated heterocycles. The second-order valence-electron chi connectivity index (χ2n) is 39.3. The van der Waals surface area contributed by atoms with Crippen molar-refractivity contribution in [2.45, 2.75) is 113 Å². The lowest BCUT2D eigenvalue weighted by molar-refractivity contribution is -0.384. The maximum atomic E-state index is 13.3. The number of hydrogen-bond donors (Lipinski definition) is 0. The van der Waals surface area contributed by atoms with Gasteiger partial charge in [0.05, 0.1) is 88.7 Å². The van der Waals surface area contributed by atoms with E-state index in [1.54, 1.807) is 84.3 Å². The van der Waals surface area contributed by atoms with E-state index in [4.69, 9.17) is 85.3 Å². The van der Waals surface area contributed by atoms with Crippen molar-refractivity contribution in [2.24, 2.45) is 0 Å². The smallest absolute Gasteiger partial charge is 0.343 e. The van der Waals surface area contributed by atoms with E-state index in [1.807, 2.05) is 66.7 Å². The molecular weight excluding hydrogens is 1880 g/mol. The molecule has 28 nitrogen and oxygen atoms in total. The first-order valence-electron chi connectivity index (χ1n) is 50.4. The SMILES string of the molecule is COc1cc2c3cc1Oc1c(OC)c(OC)cc4c1C(Cc1ccc(OC(=O)c5ccc([N+](=O)[O-])cc5)c(c1)Oc1ccc(cc1)C[C@@H]3N(C)CC2)N(C)CC4.COc1ccc2cc1Oc1ccc(cc1)C[C@H]1c3cc(c(OC)cc3CCN1C)Oc1c(OC)c(OC)cc3c1C(C2)N(C)CC3.COc1ccc2cc1Oc1ccc(cc1)C[C@H]1c3cc(c(OC)cc3CCN1C)Oc1c(OC)c(OC)cc3c1[C@H](C2)N(C)CC3. The van der Waals surface area contributed by atoms with Crippen LogP contribution in [0.15, 0.2) is 206 Å². The Morgan fingerprint density at radius 2 is 0.520 bits per heavy atom. The van der Waals surface area contributed by atoms with Gasteiger partial charge < -0.3 is 85.3 Å². The number of carbonyl (C=O) groups excluding carboxylic acids is 1. The number of nitro benzene ring substituents is 1. The van der Waals surface area contributed by atoms with E-state index in [9.17, 15) is 14.9 Å². The molecule has 2 unspecified atom stereocenters. The van der Waals surface area contributed by atoms with Gasteiger partial charge in [-0.15, -0.1) is 0 Å². The Labute approximate surface area is 864 Å². The molecule has 0 saturated carbocycles. The summed E-state index contributed by atoms with van der Waals surface area (Å²) in [5.74, 6) is 14.2. The number of likely N-dealkylation sites (N-methyl/N-ethyl adjacent to an activating group) is 6. The van der Waals surface area contributed by atoms with Crippen LogP contribution in [0.5, 0.6) is 138 Å². The monoisotopic (exact) mass is 2000 g/mol. The summed E-state index contributed by atoms with van der Waals surface area (Å²) < 4.78 is 112. The fourth-order valence-electron chi connectivity index (χ4n) is 22.6. The maximum absolute atomic E-state index is 13.3. The number of non-ortho nitro benzene ring substituents is 1. The Bertz CT molecular complexity index is 6890. The van der Waals surface area contributed by atoms with E-state index in [1.165, 1.54) is 79.9 Å². The molecule has 28 heteroatoms. The maximum Gasteiger partial charge on any atom is 0.343 e. The minimum Gasteiger partial charge on any atom is -0.493 e. The highest BCUT2D eigenvalue weighted by molar-refractivity contribution is 5.91. The number of esters is 1. The molecule has 0 aliphatic carbocycles. The van der Waals surface area contributed by atoms with E-state index >= 15 is 0 Å². The Kier molecular flexibility index (Phi) is 29.3. The van der Waals surface area contributed by atoms with E-state index in [2.05, 4.69) is 181 Å². The van der Waals surface area contributed by atoms with Gasteiger partial charge in [0, 0.05) is 104 Å². The van der Waals surface area contributed by atoms with Crippen molar-refractivity contribution in [1.29, 1.82) is 0 Å². The highest BCUT2D eigenvalue weighted by Gasteiger charge is 2.41. The van der Waals surface area contributed by atoms with Gasteiger partial charge in [-0.05, 0) is 342 Å². The van der Waals surface area contributed by atoms with Crippen molar-refractivity contribution in [3.63, 3.8) is 0 Å². The molecule has 12 aliphatic rings. The van der Waals surface area contributed by atoms with Crippen molar-refractivity contribution >= 4 is 11.7 Å². The van der Waals surface area contributed by atoms with Gasteiger partial charge in [0.25, 0.3) is 5.69 Å². The summed E-state index contributed by atoms with van der Waals surface area (Å²) >= 11 is 0. The van der Waals surface area contributed by atoms with Gasteiger partial charge in [0.2, 0.25) is 17.2 Å². The lowest BCUT2D eigenvalue weighted by Gasteiger charge is -2.37. The minimum atomic E-state index is -0.666. The largest absolute Gasteiger partial charge is 0.493 e. The third-order valence-electron chi connectivity index (χ3n) is 30.8. The normalized spacial score (nSPS) is 18.6. The van der Waals surface area contributed by atoms with Gasteiger partial charge in [0.15, 0.2) is 103 Å². The topological polar surface area (TPSA) is 246 Å². The van der Waals surface area contributed by atoms with Crippen LogP contribution in [-0.2, 0) is 77.0 Å². The van der Waals surface area contributed by atoms with Gasteiger partial charge in [-0.25, -0.2) is 4.79 Å². The summed E-state index contributed by atoms with van der Waals surface area (Å²) in [6.07, 6.45) is 9.69. The lowest BCUT2D eigenvalue weighted by atomic mass is 9.87. The second kappa shape index (κ2) is 43.3. The molecule has 12 aliphatic heterocycles. The quantitative estimate of drug-likeness (QED) is 0.0425. The number of fused-ring (bicyclic) bond motifs is 6. The van der Waals surface area contributed by atoms with Crippen LogP contribution in [0.1, 0.15) is 147 Å². The van der Waals surface area contributed by atoms with Crippen molar-refractivity contribution in [2.75, 3.05) is 160 Å². The molecular formula is C120H127N7O21. The number of methoxy groups -OCH3 is 11. The van der Waals surface area contributed by atoms with Crippen LogP contribution in [0.2, 0.25) is 0 Å². The molecule has 6 atom stereocenters. The summed E-state index contributed by atoms with van der Waals surface area (Å²) in [4.78, 5) is 38.3. The van der Waals surface area contributed by atoms with Crippen LogP contribution >= 0.6 is 0 Å². The zero-order valence-corrected chi connectivity index (χ0v) is 87.0. The number of benzene rings is 13. The lowest BCUT2D eigenvalue weighted by Crippen LogP contribution is -2.34. The summed E-state index contributed by atoms with van der Waals surface area (Å²) in [6, 6.07) is 67.4. The molecule has 18 bridgehead atoms. The zero-order valence-electron chi connectivity index (χ0n) is 87.0. The molecule has 0 N–H and O–H groups in total. The number of nitro groups is 1. The van der Waals surface area contributed by atoms with E-state index < -0.39 is 10.9 Å². The zero-order chi connectivity index (χ0) is 103. The van der Waals surface area contributed by atoms with Crippen LogP contribution in [-0.4, -0.2) is 200 Å². The number of ether oxygens (including phenoxy) is 18. The van der Waals surface area contributed by atoms with Crippen LogP contribution in [0, 0.1) is 10.1 Å². The summed E-state index contributed by atoms with van der Waals surface area (Å²) in [5, 5.41) is 11.2. The predicted octanol–water partition coefficient (Wildman–Crippen LogP) is 22.6. The highest BCUT2D eigenvalue weighted by atomic mass is 16.6. The fraction of sp³-hybridized carbons (Fsp3) is 0.342. The predicted molar refractivity (Wildman–Crippen MR) is 565 cm³/mol. The minimum absolute atomic E-state index is 0.000437. The molecule has 0 amide bonds. The van der Waals surface area contributed by atoms with Crippen molar-refractivity contribution in [1.82, 2.24) is 29.4 Å². The molecule has 12 heterocycles. The number of carbonyl (C=O) groups is 1. The van der Waals surface area contributed by atoms with Gasteiger partial charge >= 0.3 is 5.97 Å². The van der Waals surface area contributed by atoms with Crippen LogP contribution in [0.3, 0.4) is 0 Å². The molecule has 768 valence electrons. The molecule has 25 rings (SSSR count).